The van der Waals surface area contributed by atoms with Gasteiger partial charge < -0.3 is 10.1 Å². The molecule has 0 saturated carbocycles. The van der Waals surface area contributed by atoms with Crippen LogP contribution in [0.15, 0.2) is 18.2 Å². The van der Waals surface area contributed by atoms with Crippen LogP contribution in [0.4, 0.5) is 0 Å². The zero-order chi connectivity index (χ0) is 13.2. The molecule has 2 heterocycles. The van der Waals surface area contributed by atoms with Gasteiger partial charge in [-0.3, -0.25) is 9.59 Å². The first-order valence-corrected chi connectivity index (χ1v) is 6.82. The second kappa shape index (κ2) is 5.13. The van der Waals surface area contributed by atoms with Gasteiger partial charge in [0.15, 0.2) is 5.78 Å². The van der Waals surface area contributed by atoms with Crippen LogP contribution in [0.5, 0.6) is 0 Å². The minimum absolute atomic E-state index is 0.00246. The lowest BCUT2D eigenvalue weighted by atomic mass is 9.97. The van der Waals surface area contributed by atoms with Crippen molar-refractivity contribution in [3.8, 4) is 0 Å². The molecule has 1 saturated heterocycles. The summed E-state index contributed by atoms with van der Waals surface area (Å²) >= 11 is 0. The van der Waals surface area contributed by atoms with Crippen LogP contribution in [0.25, 0.3) is 0 Å². The lowest BCUT2D eigenvalue weighted by Gasteiger charge is -2.11. The van der Waals surface area contributed by atoms with E-state index in [4.69, 9.17) is 4.74 Å². The van der Waals surface area contributed by atoms with Crippen LogP contribution in [0.1, 0.15) is 45.5 Å². The summed E-state index contributed by atoms with van der Waals surface area (Å²) in [6.45, 7) is 1.35. The average Bonchev–Trinajstić information content (AvgIpc) is 2.90. The normalized spacial score (nSPS) is 22.5. The molecular formula is C15H17NO3. The highest BCUT2D eigenvalue weighted by Crippen LogP contribution is 2.21. The van der Waals surface area contributed by atoms with Crippen molar-refractivity contribution in [1.82, 2.24) is 5.32 Å². The number of benzene rings is 1. The molecule has 4 nitrogen and oxygen atoms in total. The van der Waals surface area contributed by atoms with Crippen molar-refractivity contribution in [3.05, 3.63) is 34.9 Å². The fraction of sp³-hybridized carbons (Fsp3) is 0.467. The van der Waals surface area contributed by atoms with Crippen molar-refractivity contribution in [2.75, 3.05) is 13.2 Å². The molecular weight excluding hydrogens is 242 g/mol. The van der Waals surface area contributed by atoms with Gasteiger partial charge in [-0.05, 0) is 37.3 Å². The standard InChI is InChI=1S/C15H17NO3/c17-14(13-4-2-8-19-13)11-6-5-10-3-1-7-16-15(18)12(10)9-11/h5-6,9,13H,1-4,7-8H2,(H,16,18). The third kappa shape index (κ3) is 2.40. The summed E-state index contributed by atoms with van der Waals surface area (Å²) in [6, 6.07) is 5.45. The van der Waals surface area contributed by atoms with Gasteiger partial charge in [0.25, 0.3) is 5.91 Å². The predicted molar refractivity (Wildman–Crippen MR) is 70.4 cm³/mol. The van der Waals surface area contributed by atoms with E-state index in [0.29, 0.717) is 24.3 Å². The Morgan fingerprint density at radius 1 is 1.32 bits per heavy atom. The molecule has 19 heavy (non-hydrogen) atoms. The number of hydrogen-bond donors (Lipinski definition) is 1. The van der Waals surface area contributed by atoms with Crippen LogP contribution < -0.4 is 5.32 Å². The number of ether oxygens (including phenoxy) is 1. The number of nitrogens with one attached hydrogen (secondary N) is 1. The van der Waals surface area contributed by atoms with Gasteiger partial charge in [-0.25, -0.2) is 0 Å². The summed E-state index contributed by atoms with van der Waals surface area (Å²) in [6.07, 6.45) is 3.20. The maximum atomic E-state index is 12.3. The Bertz CT molecular complexity index is 518. The Balaban J connectivity index is 1.91. The van der Waals surface area contributed by atoms with Gasteiger partial charge in [-0.15, -0.1) is 0 Å². The molecule has 1 atom stereocenters. The molecule has 0 aliphatic carbocycles. The van der Waals surface area contributed by atoms with Gasteiger partial charge in [0.2, 0.25) is 0 Å². The summed E-state index contributed by atoms with van der Waals surface area (Å²) < 4.78 is 5.41. The summed E-state index contributed by atoms with van der Waals surface area (Å²) in [5.41, 5.74) is 2.25. The van der Waals surface area contributed by atoms with Crippen molar-refractivity contribution >= 4 is 11.7 Å². The van der Waals surface area contributed by atoms with Crippen molar-refractivity contribution in [2.45, 2.75) is 31.8 Å². The fourth-order valence-corrected chi connectivity index (χ4v) is 2.71. The maximum absolute atomic E-state index is 12.3. The molecule has 2 aliphatic rings. The molecule has 3 rings (SSSR count). The van der Waals surface area contributed by atoms with Crippen LogP contribution in [-0.4, -0.2) is 30.9 Å². The molecule has 1 N–H and O–H groups in total. The highest BCUT2D eigenvalue weighted by molar-refractivity contribution is 6.03. The van der Waals surface area contributed by atoms with E-state index < -0.39 is 0 Å². The fourth-order valence-electron chi connectivity index (χ4n) is 2.71. The molecule has 1 amide bonds. The van der Waals surface area contributed by atoms with Crippen LogP contribution in [0.3, 0.4) is 0 Å². The summed E-state index contributed by atoms with van der Waals surface area (Å²) in [5, 5.41) is 2.85. The molecule has 0 aromatic heterocycles. The van der Waals surface area contributed by atoms with E-state index in [0.717, 1.165) is 31.2 Å². The smallest absolute Gasteiger partial charge is 0.251 e. The number of hydrogen-bond acceptors (Lipinski definition) is 3. The van der Waals surface area contributed by atoms with Crippen LogP contribution in [-0.2, 0) is 11.2 Å². The second-order valence-electron chi connectivity index (χ2n) is 5.10. The highest BCUT2D eigenvalue weighted by atomic mass is 16.5. The quantitative estimate of drug-likeness (QED) is 0.823. The van der Waals surface area contributed by atoms with Crippen LogP contribution in [0, 0.1) is 0 Å². The van der Waals surface area contributed by atoms with Gasteiger partial charge in [-0.1, -0.05) is 12.1 Å². The third-order valence-electron chi connectivity index (χ3n) is 3.77. The minimum atomic E-state index is -0.327. The molecule has 2 aliphatic heterocycles. The van der Waals surface area contributed by atoms with Crippen LogP contribution in [0.2, 0.25) is 0 Å². The van der Waals surface area contributed by atoms with E-state index in [2.05, 4.69) is 5.32 Å². The van der Waals surface area contributed by atoms with Gasteiger partial charge in [0.05, 0.1) is 0 Å². The number of rotatable bonds is 2. The number of amides is 1. The first-order valence-electron chi connectivity index (χ1n) is 6.82. The van der Waals surface area contributed by atoms with E-state index in [1.807, 2.05) is 12.1 Å². The third-order valence-corrected chi connectivity index (χ3v) is 3.77. The second-order valence-corrected chi connectivity index (χ2v) is 5.10. The zero-order valence-electron chi connectivity index (χ0n) is 10.8. The molecule has 4 heteroatoms. The minimum Gasteiger partial charge on any atom is -0.370 e. The summed E-state index contributed by atoms with van der Waals surface area (Å²) in [7, 11) is 0. The van der Waals surface area contributed by atoms with E-state index >= 15 is 0 Å². The number of ketones is 1. The average molecular weight is 259 g/mol. The van der Waals surface area contributed by atoms with Crippen LogP contribution >= 0.6 is 0 Å². The topological polar surface area (TPSA) is 55.4 Å². The van der Waals surface area contributed by atoms with Crippen molar-refractivity contribution < 1.29 is 14.3 Å². The van der Waals surface area contributed by atoms with E-state index in [1.165, 1.54) is 0 Å². The van der Waals surface area contributed by atoms with E-state index in [-0.39, 0.29) is 17.8 Å². The molecule has 1 aromatic carbocycles. The monoisotopic (exact) mass is 259 g/mol. The first-order chi connectivity index (χ1) is 9.25. The lowest BCUT2D eigenvalue weighted by Crippen LogP contribution is -2.24. The number of aryl methyl sites for hydroxylation is 1. The number of carbonyl (C=O) groups is 2. The van der Waals surface area contributed by atoms with Gasteiger partial charge in [0.1, 0.15) is 6.10 Å². The molecule has 0 spiro atoms. The number of Topliss-reactive ketones (excluding diaryl/α,β-unsaturated/α-hetero) is 1. The van der Waals surface area contributed by atoms with E-state index in [9.17, 15) is 9.59 Å². The molecule has 1 aromatic rings. The van der Waals surface area contributed by atoms with E-state index in [1.54, 1.807) is 6.07 Å². The Morgan fingerprint density at radius 3 is 3.00 bits per heavy atom. The molecule has 0 radical (unpaired) electrons. The largest absolute Gasteiger partial charge is 0.370 e. The number of fused-ring (bicyclic) bond motifs is 1. The summed E-state index contributed by atoms with van der Waals surface area (Å²) in [5.74, 6) is -0.0770. The lowest BCUT2D eigenvalue weighted by molar-refractivity contribution is 0.0643. The Morgan fingerprint density at radius 2 is 2.21 bits per heavy atom. The number of carbonyl (C=O) groups excluding carboxylic acids is 2. The van der Waals surface area contributed by atoms with Crippen molar-refractivity contribution in [2.24, 2.45) is 0 Å². The Kier molecular flexibility index (Phi) is 3.34. The molecule has 1 fully saturated rings. The van der Waals surface area contributed by atoms with Gasteiger partial charge in [-0.2, -0.15) is 0 Å². The molecule has 100 valence electrons. The highest BCUT2D eigenvalue weighted by Gasteiger charge is 2.26. The van der Waals surface area contributed by atoms with Crippen molar-refractivity contribution in [1.29, 1.82) is 0 Å². The zero-order valence-corrected chi connectivity index (χ0v) is 10.8. The molecule has 1 unspecified atom stereocenters. The van der Waals surface area contributed by atoms with Crippen molar-refractivity contribution in [3.63, 3.8) is 0 Å². The molecule has 0 bridgehead atoms. The van der Waals surface area contributed by atoms with Gasteiger partial charge in [0, 0.05) is 24.3 Å². The Labute approximate surface area is 112 Å². The Hall–Kier alpha value is -1.68. The first kappa shape index (κ1) is 12.4. The SMILES string of the molecule is O=C1NCCCc2ccc(C(=O)C3CCCO3)cc21. The predicted octanol–water partition coefficient (Wildman–Crippen LogP) is 1.72. The maximum Gasteiger partial charge on any atom is 0.251 e. The summed E-state index contributed by atoms with van der Waals surface area (Å²) in [4.78, 5) is 24.2. The van der Waals surface area contributed by atoms with Gasteiger partial charge >= 0.3 is 0 Å².